The third-order valence-electron chi connectivity index (χ3n) is 13.7. The zero-order chi connectivity index (χ0) is 47.4. The molecule has 7 rings (SSSR count). The van der Waals surface area contributed by atoms with E-state index < -0.39 is 6.04 Å². The number of aryl methyl sites for hydroxylation is 6. The maximum atomic E-state index is 13.6. The van der Waals surface area contributed by atoms with Crippen LogP contribution in [-0.4, -0.2) is 77.2 Å². The van der Waals surface area contributed by atoms with E-state index in [2.05, 4.69) is 112 Å². The van der Waals surface area contributed by atoms with Crippen LogP contribution in [0.25, 0.3) is 0 Å². The molecule has 3 fully saturated rings. The third-order valence-corrected chi connectivity index (χ3v) is 13.7. The summed E-state index contributed by atoms with van der Waals surface area (Å²) in [5.74, 6) is 3.11. The molecule has 1 aliphatic carbocycles. The summed E-state index contributed by atoms with van der Waals surface area (Å²) in [4.78, 5) is 60.2. The number of benzene rings is 2. The predicted molar refractivity (Wildman–Crippen MR) is 255 cm³/mol. The van der Waals surface area contributed by atoms with E-state index in [1.54, 1.807) is 16.8 Å². The molecular formula is C53H76N8O4. The number of Topliss-reactive ketones (excluding diaryl/α,β-unsaturated/α-hetero) is 2. The Balaban J connectivity index is 0.000000216. The second-order valence-electron chi connectivity index (χ2n) is 21.9. The van der Waals surface area contributed by atoms with E-state index in [0.717, 1.165) is 91.1 Å². The van der Waals surface area contributed by atoms with Crippen molar-refractivity contribution in [2.45, 2.75) is 177 Å². The van der Waals surface area contributed by atoms with Crippen LogP contribution in [0.15, 0.2) is 36.4 Å². The number of ketones is 2. The highest BCUT2D eigenvalue weighted by Crippen LogP contribution is 2.43. The van der Waals surface area contributed by atoms with Gasteiger partial charge in [-0.05, 0) is 112 Å². The third kappa shape index (κ3) is 12.9. The number of aromatic amines is 1. The molecule has 3 aliphatic rings. The highest BCUT2D eigenvalue weighted by Gasteiger charge is 2.44. The Hall–Kier alpha value is -5.00. The average Bonchev–Trinajstić information content (AvgIpc) is 3.81. The minimum Gasteiger partial charge on any atom is -0.335 e. The first kappa shape index (κ1) is 49.4. The Labute approximate surface area is 388 Å². The van der Waals surface area contributed by atoms with Gasteiger partial charge < -0.3 is 14.4 Å². The fourth-order valence-corrected chi connectivity index (χ4v) is 9.74. The fraction of sp³-hybridized carbons (Fsp3) is 0.623. The van der Waals surface area contributed by atoms with Crippen LogP contribution in [0.4, 0.5) is 0 Å². The molecule has 4 aromatic rings. The number of carbonyl (C=O) groups is 4. The van der Waals surface area contributed by atoms with Gasteiger partial charge >= 0.3 is 0 Å². The molecule has 2 aromatic heterocycles. The number of likely N-dealkylation sites (tertiary alicyclic amines) is 2. The standard InChI is InChI=1S/C28H40N4O2.C25H36N4O2/c1-18-9-10-20(19(2)16-18)17-23(33)22-13-14-25(34)31(6)26(22)27-30-29-24(32(27)21-11-12-21)8-7-15-28(3,4)5;1-16-9-10-18(17(2)14-16)15-20(30)19-11-12-22(31)29(6)23(19)24-26-21(27-28-24)8-7-13-25(3,4)5/h9-10,16,21-22,26H,7-8,11-15,17H2,1-6H3;9-10,14,19,23H,7-8,11-13,15H2,1-6H3,(H,26,27,28)/t22-,26-;19-,23+/m01/s1. The summed E-state index contributed by atoms with van der Waals surface area (Å²) in [5.41, 5.74) is 7.35. The first-order valence-corrected chi connectivity index (χ1v) is 24.1. The van der Waals surface area contributed by atoms with Crippen molar-refractivity contribution >= 4 is 23.4 Å². The van der Waals surface area contributed by atoms with Crippen molar-refractivity contribution in [2.24, 2.45) is 22.7 Å². The quantitative estimate of drug-likeness (QED) is 0.124. The van der Waals surface area contributed by atoms with Gasteiger partial charge in [0.25, 0.3) is 0 Å². The molecule has 4 heterocycles. The highest BCUT2D eigenvalue weighted by molar-refractivity contribution is 5.88. The highest BCUT2D eigenvalue weighted by atomic mass is 16.2. The Morgan fingerprint density at radius 3 is 1.66 bits per heavy atom. The summed E-state index contributed by atoms with van der Waals surface area (Å²) in [6, 6.07) is 12.1. The van der Waals surface area contributed by atoms with Crippen LogP contribution in [0.5, 0.6) is 0 Å². The lowest BCUT2D eigenvalue weighted by atomic mass is 9.82. The van der Waals surface area contributed by atoms with E-state index in [4.69, 9.17) is 4.98 Å². The molecule has 1 N–H and O–H groups in total. The lowest BCUT2D eigenvalue weighted by Crippen LogP contribution is -2.44. The molecule has 0 radical (unpaired) electrons. The van der Waals surface area contributed by atoms with Crippen LogP contribution in [0.1, 0.15) is 181 Å². The maximum absolute atomic E-state index is 13.6. The Morgan fingerprint density at radius 2 is 1.17 bits per heavy atom. The molecule has 2 amide bonds. The van der Waals surface area contributed by atoms with Crippen molar-refractivity contribution in [1.29, 1.82) is 0 Å². The van der Waals surface area contributed by atoms with Gasteiger partial charge in [0.05, 0.1) is 0 Å². The minimum atomic E-state index is -0.410. The van der Waals surface area contributed by atoms with E-state index in [1.165, 1.54) is 11.1 Å². The Morgan fingerprint density at radius 1 is 0.677 bits per heavy atom. The van der Waals surface area contributed by atoms with E-state index in [9.17, 15) is 19.2 Å². The van der Waals surface area contributed by atoms with Gasteiger partial charge in [0.2, 0.25) is 11.8 Å². The van der Waals surface area contributed by atoms with E-state index >= 15 is 0 Å². The molecular weight excluding hydrogens is 813 g/mol. The number of nitrogens with one attached hydrogen (secondary N) is 1. The predicted octanol–water partition coefficient (Wildman–Crippen LogP) is 9.83. The summed E-state index contributed by atoms with van der Waals surface area (Å²) in [6.07, 6.45) is 10.9. The monoisotopic (exact) mass is 889 g/mol. The molecule has 12 nitrogen and oxygen atoms in total. The topological polar surface area (TPSA) is 147 Å². The smallest absolute Gasteiger partial charge is 0.222 e. The first-order valence-electron chi connectivity index (χ1n) is 24.1. The SMILES string of the molecule is Cc1ccc(CC(=O)[C@@H]2CCC(=O)N(C)[C@@H]2c2nnc(CCCC(C)(C)C)n2C2CC2)c(C)c1.Cc1ccc(CC(=O)[C@H]2CCC(=O)N(C)[C@@H]2c2n[nH]c(CCCC(C)(C)C)n2)c(C)c1. The molecule has 2 aromatic carbocycles. The van der Waals surface area contributed by atoms with Crippen LogP contribution in [-0.2, 0) is 44.9 Å². The lowest BCUT2D eigenvalue weighted by molar-refractivity contribution is -0.142. The summed E-state index contributed by atoms with van der Waals surface area (Å²) in [6.45, 7) is 21.7. The zero-order valence-electron chi connectivity index (χ0n) is 41.5. The molecule has 0 spiro atoms. The zero-order valence-corrected chi connectivity index (χ0v) is 41.5. The largest absolute Gasteiger partial charge is 0.335 e. The average molecular weight is 889 g/mol. The number of H-pyrrole nitrogens is 1. The number of piperidine rings is 2. The second kappa shape index (κ2) is 20.7. The van der Waals surface area contributed by atoms with Gasteiger partial charge in [-0.1, -0.05) is 89.1 Å². The van der Waals surface area contributed by atoms with Gasteiger partial charge in [0.15, 0.2) is 11.6 Å². The number of nitrogens with zero attached hydrogens (tertiary/aromatic N) is 7. The number of carbonyl (C=O) groups excluding carboxylic acids is 4. The van der Waals surface area contributed by atoms with Crippen molar-refractivity contribution in [1.82, 2.24) is 39.7 Å². The van der Waals surface area contributed by atoms with Gasteiger partial charge in [0, 0.05) is 70.5 Å². The molecule has 4 atom stereocenters. The van der Waals surface area contributed by atoms with Gasteiger partial charge in [-0.15, -0.1) is 10.2 Å². The number of hydrogen-bond donors (Lipinski definition) is 1. The van der Waals surface area contributed by atoms with E-state index in [1.807, 2.05) is 26.1 Å². The van der Waals surface area contributed by atoms with Crippen molar-refractivity contribution in [3.05, 3.63) is 93.1 Å². The molecule has 1 saturated carbocycles. The Kier molecular flexibility index (Phi) is 15.7. The van der Waals surface area contributed by atoms with Crippen molar-refractivity contribution in [3.8, 4) is 0 Å². The Bertz CT molecular complexity index is 2330. The van der Waals surface area contributed by atoms with Crippen LogP contribution in [0, 0.1) is 50.4 Å². The van der Waals surface area contributed by atoms with Crippen molar-refractivity contribution < 1.29 is 19.2 Å². The molecule has 2 saturated heterocycles. The molecule has 352 valence electrons. The number of aromatic nitrogens is 6. The number of amides is 2. The molecule has 0 unspecified atom stereocenters. The van der Waals surface area contributed by atoms with Crippen molar-refractivity contribution in [2.75, 3.05) is 14.1 Å². The maximum Gasteiger partial charge on any atom is 0.222 e. The van der Waals surface area contributed by atoms with Gasteiger partial charge in [0.1, 0.15) is 35.3 Å². The molecule has 65 heavy (non-hydrogen) atoms. The second-order valence-corrected chi connectivity index (χ2v) is 21.9. The molecule has 2 aliphatic heterocycles. The molecule has 0 bridgehead atoms. The summed E-state index contributed by atoms with van der Waals surface area (Å²) in [5, 5.41) is 16.7. The van der Waals surface area contributed by atoms with Gasteiger partial charge in [-0.25, -0.2) is 4.98 Å². The van der Waals surface area contributed by atoms with Gasteiger partial charge in [-0.3, -0.25) is 24.3 Å². The van der Waals surface area contributed by atoms with Gasteiger partial charge in [-0.2, -0.15) is 5.10 Å². The minimum absolute atomic E-state index is 0.0413. The van der Waals surface area contributed by atoms with Crippen LogP contribution in [0.3, 0.4) is 0 Å². The lowest BCUT2D eigenvalue weighted by Gasteiger charge is -2.38. The first-order chi connectivity index (χ1) is 30.6. The van der Waals surface area contributed by atoms with E-state index in [0.29, 0.717) is 50.4 Å². The van der Waals surface area contributed by atoms with E-state index in [-0.39, 0.29) is 52.1 Å². The van der Waals surface area contributed by atoms with Crippen LogP contribution in [0.2, 0.25) is 0 Å². The van der Waals surface area contributed by atoms with Crippen LogP contribution < -0.4 is 0 Å². The normalized spacial score (nSPS) is 20.5. The number of rotatable bonds is 15. The summed E-state index contributed by atoms with van der Waals surface area (Å²) < 4.78 is 2.28. The van der Waals surface area contributed by atoms with Crippen molar-refractivity contribution in [3.63, 3.8) is 0 Å². The van der Waals surface area contributed by atoms with Crippen LogP contribution >= 0.6 is 0 Å². The summed E-state index contributed by atoms with van der Waals surface area (Å²) >= 11 is 0. The fourth-order valence-electron chi connectivity index (χ4n) is 9.74. The summed E-state index contributed by atoms with van der Waals surface area (Å²) in [7, 11) is 3.59. The number of hydrogen-bond acceptors (Lipinski definition) is 8. The molecule has 12 heteroatoms.